The van der Waals surface area contributed by atoms with Crippen molar-refractivity contribution in [3.8, 4) is 5.75 Å². The minimum Gasteiger partial charge on any atom is -0.489 e. The quantitative estimate of drug-likeness (QED) is 0.941. The summed E-state index contributed by atoms with van der Waals surface area (Å²) in [7, 11) is 0. The Kier molecular flexibility index (Phi) is 5.06. The minimum absolute atomic E-state index is 0. The number of carbonyl (C=O) groups is 1. The highest BCUT2D eigenvalue weighted by Crippen LogP contribution is 2.23. The molecule has 110 valence electrons. The van der Waals surface area contributed by atoms with Crippen molar-refractivity contribution < 1.29 is 14.3 Å². The second-order valence-corrected chi connectivity index (χ2v) is 4.64. The predicted octanol–water partition coefficient (Wildman–Crippen LogP) is 3.47. The molecule has 1 aliphatic heterocycles. The third kappa shape index (κ3) is 3.89. The van der Waals surface area contributed by atoms with Gasteiger partial charge in [-0.15, -0.1) is 12.4 Å². The Hall–Kier alpha value is -2.20. The number of halogens is 1. The third-order valence-electron chi connectivity index (χ3n) is 3.18. The van der Waals surface area contributed by atoms with Crippen LogP contribution < -0.4 is 10.1 Å². The van der Waals surface area contributed by atoms with Gasteiger partial charge in [0, 0.05) is 0 Å². The number of ether oxygens (including phenoxy) is 2. The number of hydrogen-bond donors (Lipinski definition) is 1. The summed E-state index contributed by atoms with van der Waals surface area (Å²) in [4.78, 5) is 11.1. The zero-order valence-corrected chi connectivity index (χ0v) is 12.1. The summed E-state index contributed by atoms with van der Waals surface area (Å²) in [6.45, 7) is 0.888. The first-order valence-corrected chi connectivity index (χ1v) is 6.51. The molecular weight excluding hydrogens is 290 g/mol. The molecule has 1 amide bonds. The number of nitrogens with one attached hydrogen (secondary N) is 1. The topological polar surface area (TPSA) is 47.6 Å². The first-order chi connectivity index (χ1) is 9.81. The van der Waals surface area contributed by atoms with Gasteiger partial charge in [-0.3, -0.25) is 0 Å². The van der Waals surface area contributed by atoms with Gasteiger partial charge in [-0.25, -0.2) is 4.79 Å². The van der Waals surface area contributed by atoms with Crippen LogP contribution in [0, 0.1) is 0 Å². The molecule has 4 nitrogen and oxygen atoms in total. The van der Waals surface area contributed by atoms with Gasteiger partial charge >= 0.3 is 6.09 Å². The molecule has 0 bridgehead atoms. The molecule has 1 fully saturated rings. The van der Waals surface area contributed by atoms with Crippen LogP contribution >= 0.6 is 12.4 Å². The maximum absolute atomic E-state index is 11.1. The van der Waals surface area contributed by atoms with Crippen molar-refractivity contribution in [2.24, 2.45) is 0 Å². The van der Waals surface area contributed by atoms with Gasteiger partial charge in [0.1, 0.15) is 19.0 Å². The van der Waals surface area contributed by atoms with Crippen LogP contribution in [0.1, 0.15) is 17.2 Å². The highest BCUT2D eigenvalue weighted by Gasteiger charge is 2.23. The Bertz CT molecular complexity index is 603. The van der Waals surface area contributed by atoms with Crippen molar-refractivity contribution in [1.29, 1.82) is 0 Å². The lowest BCUT2D eigenvalue weighted by Gasteiger charge is -2.11. The van der Waals surface area contributed by atoms with Crippen LogP contribution in [-0.4, -0.2) is 12.7 Å². The summed E-state index contributed by atoms with van der Waals surface area (Å²) in [5, 5.41) is 2.75. The van der Waals surface area contributed by atoms with Crippen molar-refractivity contribution in [2.45, 2.75) is 12.6 Å². The fourth-order valence-corrected chi connectivity index (χ4v) is 2.13. The molecule has 1 saturated heterocycles. The Labute approximate surface area is 129 Å². The van der Waals surface area contributed by atoms with Crippen molar-refractivity contribution in [3.05, 3.63) is 65.7 Å². The zero-order valence-electron chi connectivity index (χ0n) is 11.3. The van der Waals surface area contributed by atoms with Gasteiger partial charge in [-0.05, 0) is 23.3 Å². The van der Waals surface area contributed by atoms with Gasteiger partial charge in [0.15, 0.2) is 0 Å². The highest BCUT2D eigenvalue weighted by atomic mass is 35.5. The lowest BCUT2D eigenvalue weighted by atomic mass is 10.1. The molecule has 3 rings (SSSR count). The van der Waals surface area contributed by atoms with E-state index in [0.29, 0.717) is 13.2 Å². The van der Waals surface area contributed by atoms with E-state index in [1.807, 2.05) is 54.6 Å². The number of amides is 1. The van der Waals surface area contributed by atoms with Crippen LogP contribution in [0.5, 0.6) is 5.75 Å². The van der Waals surface area contributed by atoms with E-state index in [0.717, 1.165) is 16.9 Å². The summed E-state index contributed by atoms with van der Waals surface area (Å²) < 4.78 is 10.7. The Morgan fingerprint density at radius 1 is 1.14 bits per heavy atom. The molecule has 2 aromatic rings. The van der Waals surface area contributed by atoms with E-state index in [-0.39, 0.29) is 24.5 Å². The van der Waals surface area contributed by atoms with Crippen LogP contribution in [0.3, 0.4) is 0 Å². The number of alkyl carbamates (subject to hydrolysis) is 1. The fraction of sp³-hybridized carbons (Fsp3) is 0.188. The average Bonchev–Trinajstić information content (AvgIpc) is 2.93. The Morgan fingerprint density at radius 3 is 2.67 bits per heavy atom. The van der Waals surface area contributed by atoms with Crippen LogP contribution in [0.4, 0.5) is 4.79 Å². The Balaban J connectivity index is 0.00000161. The number of carbonyl (C=O) groups excluding carboxylic acids is 1. The number of rotatable bonds is 4. The standard InChI is InChI=1S/C16H15NO3.ClH/c18-16-17-15(11-20-16)13-7-4-8-14(9-13)19-10-12-5-2-1-3-6-12;/h1-9,15H,10-11H2,(H,17,18);1H/t15-;/m0./s1. The first-order valence-electron chi connectivity index (χ1n) is 6.51. The number of cyclic esters (lactones) is 1. The van der Waals surface area contributed by atoms with Crippen molar-refractivity contribution in [3.63, 3.8) is 0 Å². The van der Waals surface area contributed by atoms with Crippen molar-refractivity contribution >= 4 is 18.5 Å². The molecule has 0 aliphatic carbocycles. The molecule has 1 aliphatic rings. The second-order valence-electron chi connectivity index (χ2n) is 4.64. The lowest BCUT2D eigenvalue weighted by molar-refractivity contribution is 0.177. The maximum Gasteiger partial charge on any atom is 0.407 e. The maximum atomic E-state index is 11.1. The van der Waals surface area contributed by atoms with Crippen LogP contribution in [-0.2, 0) is 11.3 Å². The largest absolute Gasteiger partial charge is 0.489 e. The second kappa shape index (κ2) is 6.99. The molecule has 5 heteroatoms. The molecule has 0 unspecified atom stereocenters. The normalized spacial score (nSPS) is 16.6. The van der Waals surface area contributed by atoms with Gasteiger partial charge in [-0.2, -0.15) is 0 Å². The summed E-state index contributed by atoms with van der Waals surface area (Å²) >= 11 is 0. The molecule has 1 heterocycles. The molecule has 1 atom stereocenters. The number of hydrogen-bond acceptors (Lipinski definition) is 3. The van der Waals surface area contributed by atoms with Gasteiger partial charge in [0.25, 0.3) is 0 Å². The SMILES string of the molecule is Cl.O=C1N[C@H](c2cccc(OCc3ccccc3)c2)CO1. The molecule has 0 radical (unpaired) electrons. The zero-order chi connectivity index (χ0) is 13.8. The van der Waals surface area contributed by atoms with Crippen molar-refractivity contribution in [2.75, 3.05) is 6.61 Å². The molecule has 0 spiro atoms. The average molecular weight is 306 g/mol. The molecule has 21 heavy (non-hydrogen) atoms. The van der Waals surface area contributed by atoms with E-state index >= 15 is 0 Å². The van der Waals surface area contributed by atoms with Gasteiger partial charge < -0.3 is 14.8 Å². The minimum atomic E-state index is -0.370. The van der Waals surface area contributed by atoms with E-state index in [1.54, 1.807) is 0 Å². The highest BCUT2D eigenvalue weighted by molar-refractivity contribution is 5.85. The van der Waals surface area contributed by atoms with Crippen molar-refractivity contribution in [1.82, 2.24) is 5.32 Å². The van der Waals surface area contributed by atoms with Crippen LogP contribution in [0.15, 0.2) is 54.6 Å². The van der Waals surface area contributed by atoms with E-state index in [2.05, 4.69) is 5.32 Å². The fourth-order valence-electron chi connectivity index (χ4n) is 2.13. The van der Waals surface area contributed by atoms with E-state index < -0.39 is 0 Å². The first kappa shape index (κ1) is 15.2. The van der Waals surface area contributed by atoms with Gasteiger partial charge in [-0.1, -0.05) is 42.5 Å². The molecule has 0 aromatic heterocycles. The van der Waals surface area contributed by atoms with Crippen LogP contribution in [0.2, 0.25) is 0 Å². The molecule has 1 N–H and O–H groups in total. The molecular formula is C16H16ClNO3. The summed E-state index contributed by atoms with van der Waals surface area (Å²) in [6.07, 6.45) is -0.370. The van der Waals surface area contributed by atoms with E-state index in [4.69, 9.17) is 9.47 Å². The molecule has 2 aromatic carbocycles. The lowest BCUT2D eigenvalue weighted by Crippen LogP contribution is -2.18. The monoisotopic (exact) mass is 305 g/mol. The summed E-state index contributed by atoms with van der Waals surface area (Å²) in [6, 6.07) is 17.6. The summed E-state index contributed by atoms with van der Waals surface area (Å²) in [5.74, 6) is 0.785. The van der Waals surface area contributed by atoms with E-state index in [1.165, 1.54) is 0 Å². The van der Waals surface area contributed by atoms with Gasteiger partial charge in [0.2, 0.25) is 0 Å². The Morgan fingerprint density at radius 2 is 1.95 bits per heavy atom. The van der Waals surface area contributed by atoms with E-state index in [9.17, 15) is 4.79 Å². The third-order valence-corrected chi connectivity index (χ3v) is 3.18. The van der Waals surface area contributed by atoms with Crippen LogP contribution in [0.25, 0.3) is 0 Å². The smallest absolute Gasteiger partial charge is 0.407 e. The van der Waals surface area contributed by atoms with Gasteiger partial charge in [0.05, 0.1) is 6.04 Å². The molecule has 0 saturated carbocycles. The summed E-state index contributed by atoms with van der Waals surface area (Å²) in [5.41, 5.74) is 2.11. The number of benzene rings is 2. The predicted molar refractivity (Wildman–Crippen MR) is 81.7 cm³/mol.